The SMILES string of the molecule is O=C(Nc1ccc(S(=O)(=O)NC2CCCCC2)cc1)c1ccc(=O)[nH]n1. The minimum atomic E-state index is -3.58. The number of H-pyrrole nitrogens is 1. The van der Waals surface area contributed by atoms with Gasteiger partial charge in [0.25, 0.3) is 11.5 Å². The number of aromatic amines is 1. The number of nitrogens with one attached hydrogen (secondary N) is 3. The number of amides is 1. The summed E-state index contributed by atoms with van der Waals surface area (Å²) in [6.07, 6.45) is 4.95. The zero-order valence-electron chi connectivity index (χ0n) is 14.1. The summed E-state index contributed by atoms with van der Waals surface area (Å²) >= 11 is 0. The zero-order valence-corrected chi connectivity index (χ0v) is 14.9. The van der Waals surface area contributed by atoms with E-state index in [0.717, 1.165) is 32.1 Å². The van der Waals surface area contributed by atoms with Crippen LogP contribution < -0.4 is 15.6 Å². The molecule has 1 fully saturated rings. The fraction of sp³-hybridized carbons (Fsp3) is 0.353. The van der Waals surface area contributed by atoms with Gasteiger partial charge in [0.05, 0.1) is 4.90 Å². The van der Waals surface area contributed by atoms with Gasteiger partial charge in [-0.1, -0.05) is 19.3 Å². The van der Waals surface area contributed by atoms with Crippen molar-refractivity contribution in [2.75, 3.05) is 5.32 Å². The molecular formula is C17H20N4O4S. The maximum Gasteiger partial charge on any atom is 0.276 e. The van der Waals surface area contributed by atoms with E-state index in [-0.39, 0.29) is 16.6 Å². The first kappa shape index (κ1) is 18.3. The third kappa shape index (κ3) is 4.55. The Morgan fingerprint density at radius 2 is 1.73 bits per heavy atom. The Balaban J connectivity index is 1.66. The number of hydrogen-bond acceptors (Lipinski definition) is 5. The molecule has 1 aliphatic rings. The lowest BCUT2D eigenvalue weighted by molar-refractivity contribution is 0.102. The summed E-state index contributed by atoms with van der Waals surface area (Å²) in [5.74, 6) is -0.503. The number of nitrogens with zero attached hydrogens (tertiary/aromatic N) is 1. The van der Waals surface area contributed by atoms with Gasteiger partial charge in [-0.15, -0.1) is 0 Å². The number of hydrogen-bond donors (Lipinski definition) is 3. The molecule has 2 aromatic rings. The van der Waals surface area contributed by atoms with E-state index in [9.17, 15) is 18.0 Å². The van der Waals surface area contributed by atoms with E-state index in [4.69, 9.17) is 0 Å². The molecule has 0 bridgehead atoms. The van der Waals surface area contributed by atoms with Gasteiger partial charge in [0.2, 0.25) is 10.0 Å². The summed E-state index contributed by atoms with van der Waals surface area (Å²) in [4.78, 5) is 23.2. The monoisotopic (exact) mass is 376 g/mol. The molecule has 3 rings (SSSR count). The Morgan fingerprint density at radius 1 is 1.04 bits per heavy atom. The minimum Gasteiger partial charge on any atom is -0.321 e. The molecule has 1 aliphatic carbocycles. The van der Waals surface area contributed by atoms with E-state index < -0.39 is 21.5 Å². The van der Waals surface area contributed by atoms with E-state index in [1.165, 1.54) is 36.4 Å². The molecule has 1 aromatic heterocycles. The molecule has 0 atom stereocenters. The fourth-order valence-corrected chi connectivity index (χ4v) is 4.20. The summed E-state index contributed by atoms with van der Waals surface area (Å²) in [5, 5.41) is 8.42. The van der Waals surface area contributed by atoms with Gasteiger partial charge < -0.3 is 5.32 Å². The summed E-state index contributed by atoms with van der Waals surface area (Å²) in [5.41, 5.74) is 0.0847. The number of rotatable bonds is 5. The predicted octanol–water partition coefficient (Wildman–Crippen LogP) is 1.63. The Bertz CT molecular complexity index is 911. The third-order valence-electron chi connectivity index (χ3n) is 4.26. The van der Waals surface area contributed by atoms with Crippen molar-refractivity contribution in [2.24, 2.45) is 0 Å². The molecule has 1 aromatic carbocycles. The molecule has 138 valence electrons. The van der Waals surface area contributed by atoms with Gasteiger partial charge in [-0.05, 0) is 43.2 Å². The van der Waals surface area contributed by atoms with Crippen molar-refractivity contribution in [2.45, 2.75) is 43.0 Å². The van der Waals surface area contributed by atoms with Gasteiger partial charge in [0.15, 0.2) is 0 Å². The zero-order chi connectivity index (χ0) is 18.6. The minimum absolute atomic E-state index is 0.0144. The van der Waals surface area contributed by atoms with E-state index in [2.05, 4.69) is 20.2 Å². The third-order valence-corrected chi connectivity index (χ3v) is 5.80. The summed E-state index contributed by atoms with van der Waals surface area (Å²) in [6.45, 7) is 0. The predicted molar refractivity (Wildman–Crippen MR) is 96.4 cm³/mol. The molecule has 8 nitrogen and oxygen atoms in total. The highest BCUT2D eigenvalue weighted by atomic mass is 32.2. The largest absolute Gasteiger partial charge is 0.321 e. The van der Waals surface area contributed by atoms with Crippen molar-refractivity contribution < 1.29 is 13.2 Å². The van der Waals surface area contributed by atoms with Crippen LogP contribution >= 0.6 is 0 Å². The lowest BCUT2D eigenvalue weighted by Crippen LogP contribution is -2.36. The average Bonchev–Trinajstić information content (AvgIpc) is 2.63. The molecule has 3 N–H and O–H groups in total. The molecule has 0 aliphatic heterocycles. The van der Waals surface area contributed by atoms with Gasteiger partial charge >= 0.3 is 0 Å². The lowest BCUT2D eigenvalue weighted by Gasteiger charge is -2.22. The normalized spacial score (nSPS) is 15.5. The highest BCUT2D eigenvalue weighted by molar-refractivity contribution is 7.89. The second kappa shape index (κ2) is 7.79. The molecule has 9 heteroatoms. The van der Waals surface area contributed by atoms with Crippen LogP contribution in [-0.2, 0) is 10.0 Å². The summed E-state index contributed by atoms with van der Waals surface area (Å²) in [6, 6.07) is 8.41. The van der Waals surface area contributed by atoms with Crippen molar-refractivity contribution in [1.82, 2.24) is 14.9 Å². The first-order chi connectivity index (χ1) is 12.4. The quantitative estimate of drug-likeness (QED) is 0.732. The number of sulfonamides is 1. The van der Waals surface area contributed by atoms with Crippen LogP contribution in [0.4, 0.5) is 5.69 Å². The number of carbonyl (C=O) groups is 1. The maximum atomic E-state index is 12.4. The van der Waals surface area contributed by atoms with E-state index in [1.54, 1.807) is 0 Å². The number of aromatic nitrogens is 2. The Hall–Kier alpha value is -2.52. The smallest absolute Gasteiger partial charge is 0.276 e. The van der Waals surface area contributed by atoms with Crippen LogP contribution in [-0.4, -0.2) is 30.6 Å². The van der Waals surface area contributed by atoms with Gasteiger partial charge in [0, 0.05) is 17.8 Å². The Labute approximate surface area is 151 Å². The van der Waals surface area contributed by atoms with Gasteiger partial charge in [-0.3, -0.25) is 9.59 Å². The number of benzene rings is 1. The van der Waals surface area contributed by atoms with Gasteiger partial charge in [0.1, 0.15) is 5.69 Å². The fourth-order valence-electron chi connectivity index (χ4n) is 2.89. The first-order valence-corrected chi connectivity index (χ1v) is 9.92. The van der Waals surface area contributed by atoms with E-state index >= 15 is 0 Å². The second-order valence-electron chi connectivity index (χ2n) is 6.24. The van der Waals surface area contributed by atoms with Crippen LogP contribution in [0, 0.1) is 0 Å². The van der Waals surface area contributed by atoms with Crippen LogP contribution in [0.25, 0.3) is 0 Å². The van der Waals surface area contributed by atoms with Crippen LogP contribution in [0.15, 0.2) is 46.1 Å². The molecule has 0 spiro atoms. The van der Waals surface area contributed by atoms with E-state index in [1.807, 2.05) is 0 Å². The topological polar surface area (TPSA) is 121 Å². The van der Waals surface area contributed by atoms with Crippen LogP contribution in [0.5, 0.6) is 0 Å². The number of anilines is 1. The highest BCUT2D eigenvalue weighted by Crippen LogP contribution is 2.21. The standard InChI is InChI=1S/C17H20N4O4S/c22-16-11-10-15(19-20-16)17(23)18-12-6-8-14(9-7-12)26(24,25)21-13-4-2-1-3-5-13/h6-11,13,21H,1-5H2,(H,18,23)(H,20,22). The molecule has 1 amide bonds. The summed E-state index contributed by atoms with van der Waals surface area (Å²) in [7, 11) is -3.58. The van der Waals surface area contributed by atoms with Gasteiger partial charge in [-0.2, -0.15) is 5.10 Å². The molecule has 0 saturated heterocycles. The molecule has 0 radical (unpaired) electrons. The molecular weight excluding hydrogens is 356 g/mol. The second-order valence-corrected chi connectivity index (χ2v) is 7.96. The van der Waals surface area contributed by atoms with Crippen molar-refractivity contribution >= 4 is 21.6 Å². The Kier molecular flexibility index (Phi) is 5.48. The Morgan fingerprint density at radius 3 is 2.35 bits per heavy atom. The molecule has 26 heavy (non-hydrogen) atoms. The molecule has 1 heterocycles. The van der Waals surface area contributed by atoms with Crippen LogP contribution in [0.2, 0.25) is 0 Å². The molecule has 1 saturated carbocycles. The van der Waals surface area contributed by atoms with Crippen LogP contribution in [0.3, 0.4) is 0 Å². The van der Waals surface area contributed by atoms with Crippen molar-refractivity contribution in [3.05, 3.63) is 52.4 Å². The summed E-state index contributed by atoms with van der Waals surface area (Å²) < 4.78 is 27.6. The van der Waals surface area contributed by atoms with Gasteiger partial charge in [-0.25, -0.2) is 18.2 Å². The van der Waals surface area contributed by atoms with Crippen molar-refractivity contribution in [3.8, 4) is 0 Å². The average molecular weight is 376 g/mol. The highest BCUT2D eigenvalue weighted by Gasteiger charge is 2.21. The van der Waals surface area contributed by atoms with E-state index in [0.29, 0.717) is 5.69 Å². The molecule has 0 unspecified atom stereocenters. The van der Waals surface area contributed by atoms with Crippen molar-refractivity contribution in [3.63, 3.8) is 0 Å². The lowest BCUT2D eigenvalue weighted by atomic mass is 9.96. The first-order valence-electron chi connectivity index (χ1n) is 8.43. The van der Waals surface area contributed by atoms with Crippen LogP contribution in [0.1, 0.15) is 42.6 Å². The maximum absolute atomic E-state index is 12.4. The number of carbonyl (C=O) groups excluding carboxylic acids is 1. The van der Waals surface area contributed by atoms with Crippen molar-refractivity contribution in [1.29, 1.82) is 0 Å².